The molecule has 1 amide bonds. The standard InChI is InChI=1S/C27H43NO2/c1-17(2)21-15-20-11-12-24-26(7,8)13-10-14-27(24,9)22(20)16-23(21)30-25(29)28(18(3)4)19(5)6/h15-19,24H,10-14H2,1-9H3/t24-,27+/m0/s1. The molecule has 0 N–H and O–H groups in total. The maximum atomic E-state index is 13.1. The van der Waals surface area contributed by atoms with E-state index in [1.165, 1.54) is 36.8 Å². The number of carbonyl (C=O) groups excluding carboxylic acids is 1. The van der Waals surface area contributed by atoms with E-state index in [0.717, 1.165) is 17.7 Å². The Morgan fingerprint density at radius 2 is 1.67 bits per heavy atom. The van der Waals surface area contributed by atoms with Crippen LogP contribution < -0.4 is 4.74 Å². The van der Waals surface area contributed by atoms with Gasteiger partial charge in [0.15, 0.2) is 0 Å². The third kappa shape index (κ3) is 4.01. The molecule has 0 aliphatic heterocycles. The van der Waals surface area contributed by atoms with Gasteiger partial charge >= 0.3 is 6.09 Å². The van der Waals surface area contributed by atoms with Crippen molar-refractivity contribution in [3.8, 4) is 5.75 Å². The number of benzene rings is 1. The molecule has 3 rings (SSSR count). The molecule has 1 aromatic rings. The van der Waals surface area contributed by atoms with Crippen LogP contribution in [0.5, 0.6) is 5.75 Å². The summed E-state index contributed by atoms with van der Waals surface area (Å²) >= 11 is 0. The number of nitrogens with zero attached hydrogens (tertiary/aromatic N) is 1. The number of carbonyl (C=O) groups is 1. The number of amides is 1. The van der Waals surface area contributed by atoms with Crippen molar-refractivity contribution in [1.29, 1.82) is 0 Å². The fraction of sp³-hybridized carbons (Fsp3) is 0.741. The Labute approximate surface area is 184 Å². The van der Waals surface area contributed by atoms with Crippen molar-refractivity contribution in [2.75, 3.05) is 0 Å². The van der Waals surface area contributed by atoms with Gasteiger partial charge in [-0.2, -0.15) is 0 Å². The maximum absolute atomic E-state index is 13.1. The molecule has 168 valence electrons. The van der Waals surface area contributed by atoms with Gasteiger partial charge in [0.05, 0.1) is 0 Å². The minimum atomic E-state index is -0.233. The summed E-state index contributed by atoms with van der Waals surface area (Å²) < 4.78 is 6.12. The molecule has 1 saturated carbocycles. The molecule has 3 heteroatoms. The van der Waals surface area contributed by atoms with Gasteiger partial charge in [-0.3, -0.25) is 0 Å². The number of hydrogen-bond acceptors (Lipinski definition) is 2. The largest absolute Gasteiger partial charge is 0.415 e. The highest BCUT2D eigenvalue weighted by molar-refractivity contribution is 5.72. The predicted octanol–water partition coefficient (Wildman–Crippen LogP) is 7.46. The first-order valence-corrected chi connectivity index (χ1v) is 12.1. The molecule has 1 fully saturated rings. The van der Waals surface area contributed by atoms with E-state index in [1.54, 1.807) is 0 Å². The van der Waals surface area contributed by atoms with Gasteiger partial charge in [-0.1, -0.05) is 47.1 Å². The molecular formula is C27H43NO2. The highest BCUT2D eigenvalue weighted by atomic mass is 16.6. The normalized spacial score (nSPS) is 25.3. The van der Waals surface area contributed by atoms with Crippen molar-refractivity contribution in [3.05, 3.63) is 28.8 Å². The van der Waals surface area contributed by atoms with E-state index >= 15 is 0 Å². The van der Waals surface area contributed by atoms with E-state index in [1.807, 2.05) is 32.6 Å². The second-order valence-corrected chi connectivity index (χ2v) is 11.5. The molecule has 0 saturated heterocycles. The second kappa shape index (κ2) is 8.20. The Hall–Kier alpha value is -1.51. The first-order valence-electron chi connectivity index (χ1n) is 12.1. The zero-order valence-electron chi connectivity index (χ0n) is 20.8. The Morgan fingerprint density at radius 3 is 2.23 bits per heavy atom. The number of hydrogen-bond donors (Lipinski definition) is 0. The van der Waals surface area contributed by atoms with E-state index in [4.69, 9.17) is 4.74 Å². The molecule has 3 nitrogen and oxygen atoms in total. The van der Waals surface area contributed by atoms with E-state index in [0.29, 0.717) is 17.3 Å². The summed E-state index contributed by atoms with van der Waals surface area (Å²) in [5.74, 6) is 1.77. The van der Waals surface area contributed by atoms with Gasteiger partial charge in [0, 0.05) is 12.1 Å². The van der Waals surface area contributed by atoms with Crippen LogP contribution in [0.1, 0.15) is 111 Å². The fourth-order valence-electron chi connectivity index (χ4n) is 6.54. The highest BCUT2D eigenvalue weighted by Gasteiger charge is 2.50. The smallest absolute Gasteiger partial charge is 0.410 e. The van der Waals surface area contributed by atoms with Crippen LogP contribution in [0, 0.1) is 11.3 Å². The summed E-state index contributed by atoms with van der Waals surface area (Å²) in [7, 11) is 0. The highest BCUT2D eigenvalue weighted by Crippen LogP contribution is 2.57. The lowest BCUT2D eigenvalue weighted by Crippen LogP contribution is -2.48. The van der Waals surface area contributed by atoms with Crippen molar-refractivity contribution in [3.63, 3.8) is 0 Å². The maximum Gasteiger partial charge on any atom is 0.415 e. The van der Waals surface area contributed by atoms with Crippen molar-refractivity contribution in [2.45, 2.75) is 118 Å². The lowest BCUT2D eigenvalue weighted by atomic mass is 9.50. The summed E-state index contributed by atoms with van der Waals surface area (Å²) in [5, 5.41) is 0. The number of aryl methyl sites for hydroxylation is 1. The molecule has 0 bridgehead atoms. The van der Waals surface area contributed by atoms with Gasteiger partial charge in [0.1, 0.15) is 5.75 Å². The van der Waals surface area contributed by atoms with Crippen molar-refractivity contribution >= 4 is 6.09 Å². The zero-order chi connectivity index (χ0) is 22.4. The van der Waals surface area contributed by atoms with Crippen LogP contribution in [-0.4, -0.2) is 23.1 Å². The summed E-state index contributed by atoms with van der Waals surface area (Å²) in [6.07, 6.45) is 5.98. The molecule has 0 radical (unpaired) electrons. The van der Waals surface area contributed by atoms with Crippen LogP contribution >= 0.6 is 0 Å². The Morgan fingerprint density at radius 1 is 1.03 bits per heavy atom. The number of ether oxygens (including phenoxy) is 1. The third-order valence-electron chi connectivity index (χ3n) is 7.93. The summed E-state index contributed by atoms with van der Waals surface area (Å²) in [5.41, 5.74) is 4.59. The molecule has 0 aromatic heterocycles. The Kier molecular flexibility index (Phi) is 6.33. The summed E-state index contributed by atoms with van der Waals surface area (Å²) in [6, 6.07) is 4.81. The number of rotatable bonds is 4. The topological polar surface area (TPSA) is 29.5 Å². The summed E-state index contributed by atoms with van der Waals surface area (Å²) in [6.45, 7) is 19.9. The monoisotopic (exact) mass is 413 g/mol. The second-order valence-electron chi connectivity index (χ2n) is 11.5. The van der Waals surface area contributed by atoms with Crippen LogP contribution in [0.2, 0.25) is 0 Å². The van der Waals surface area contributed by atoms with Gasteiger partial charge in [0.2, 0.25) is 0 Å². The minimum Gasteiger partial charge on any atom is -0.410 e. The minimum absolute atomic E-state index is 0.110. The van der Waals surface area contributed by atoms with Gasteiger partial charge in [-0.05, 0) is 98.8 Å². The lowest BCUT2D eigenvalue weighted by Gasteiger charge is -2.54. The van der Waals surface area contributed by atoms with Crippen molar-refractivity contribution in [2.24, 2.45) is 11.3 Å². The first-order chi connectivity index (χ1) is 13.9. The molecule has 0 unspecified atom stereocenters. The molecule has 0 spiro atoms. The van der Waals surface area contributed by atoms with E-state index in [9.17, 15) is 4.79 Å². The van der Waals surface area contributed by atoms with E-state index < -0.39 is 0 Å². The van der Waals surface area contributed by atoms with Gasteiger partial charge < -0.3 is 9.64 Å². The van der Waals surface area contributed by atoms with Gasteiger partial charge in [-0.25, -0.2) is 4.79 Å². The quantitative estimate of drug-likeness (QED) is 0.513. The van der Waals surface area contributed by atoms with Crippen molar-refractivity contribution < 1.29 is 9.53 Å². The van der Waals surface area contributed by atoms with Crippen LogP contribution in [0.3, 0.4) is 0 Å². The van der Waals surface area contributed by atoms with Gasteiger partial charge in [-0.15, -0.1) is 0 Å². The molecule has 0 heterocycles. The van der Waals surface area contributed by atoms with E-state index in [-0.39, 0.29) is 23.6 Å². The molecular weight excluding hydrogens is 370 g/mol. The zero-order valence-corrected chi connectivity index (χ0v) is 20.8. The van der Waals surface area contributed by atoms with Crippen LogP contribution in [0.25, 0.3) is 0 Å². The summed E-state index contributed by atoms with van der Waals surface area (Å²) in [4.78, 5) is 14.9. The Balaban J connectivity index is 2.05. The lowest BCUT2D eigenvalue weighted by molar-refractivity contribution is 0.0405. The number of fused-ring (bicyclic) bond motifs is 3. The molecule has 2 aliphatic rings. The van der Waals surface area contributed by atoms with Crippen LogP contribution in [-0.2, 0) is 11.8 Å². The first kappa shape index (κ1) is 23.2. The van der Waals surface area contributed by atoms with Crippen molar-refractivity contribution in [1.82, 2.24) is 4.90 Å². The van der Waals surface area contributed by atoms with Crippen LogP contribution in [0.15, 0.2) is 12.1 Å². The third-order valence-corrected chi connectivity index (χ3v) is 7.93. The average Bonchev–Trinajstić information content (AvgIpc) is 2.60. The molecule has 2 atom stereocenters. The van der Waals surface area contributed by atoms with Crippen LogP contribution in [0.4, 0.5) is 4.79 Å². The van der Waals surface area contributed by atoms with Gasteiger partial charge in [0.25, 0.3) is 0 Å². The molecule has 1 aromatic carbocycles. The SMILES string of the molecule is CC(C)c1cc2c(cc1OC(=O)N(C(C)C)C(C)C)[C@@]1(C)CCCC(C)(C)[C@@H]1CC2. The Bertz CT molecular complexity index is 784. The van der Waals surface area contributed by atoms with E-state index in [2.05, 4.69) is 46.8 Å². The molecule has 30 heavy (non-hydrogen) atoms. The molecule has 2 aliphatic carbocycles. The average molecular weight is 414 g/mol. The fourth-order valence-corrected chi connectivity index (χ4v) is 6.54. The predicted molar refractivity (Wildman–Crippen MR) is 125 cm³/mol.